The van der Waals surface area contributed by atoms with Gasteiger partial charge in [-0.3, -0.25) is 0 Å². The van der Waals surface area contributed by atoms with Gasteiger partial charge in [-0.2, -0.15) is 0 Å². The standard InChI is InChI=1S/C17H22N2O4S/c1-10-8-12(4-5-14(10)22-3)6-7-23-16(21)15-11(2)18-17(24)19-13(15)9-20/h4-5,8,13,20H,6-7,9H2,1-3H3,(H2,18,19,24). The third-order valence-electron chi connectivity index (χ3n) is 3.84. The van der Waals surface area contributed by atoms with Crippen molar-refractivity contribution in [3.8, 4) is 5.75 Å². The Hall–Kier alpha value is -2.12. The van der Waals surface area contributed by atoms with E-state index in [-0.39, 0.29) is 13.2 Å². The van der Waals surface area contributed by atoms with E-state index < -0.39 is 12.0 Å². The van der Waals surface area contributed by atoms with Crippen LogP contribution in [0.25, 0.3) is 0 Å². The number of rotatable bonds is 6. The largest absolute Gasteiger partial charge is 0.496 e. The lowest BCUT2D eigenvalue weighted by atomic mass is 10.0. The first-order valence-corrected chi connectivity index (χ1v) is 8.07. The average molecular weight is 350 g/mol. The van der Waals surface area contributed by atoms with E-state index in [2.05, 4.69) is 10.6 Å². The quantitative estimate of drug-likeness (QED) is 0.525. The van der Waals surface area contributed by atoms with Crippen LogP contribution in [0.15, 0.2) is 29.5 Å². The summed E-state index contributed by atoms with van der Waals surface area (Å²) >= 11 is 5.02. The number of aliphatic hydroxyl groups is 1. The van der Waals surface area contributed by atoms with Gasteiger partial charge in [0.2, 0.25) is 0 Å². The van der Waals surface area contributed by atoms with Gasteiger partial charge in [-0.15, -0.1) is 0 Å². The minimum Gasteiger partial charge on any atom is -0.496 e. The van der Waals surface area contributed by atoms with Gasteiger partial charge in [0.25, 0.3) is 0 Å². The fourth-order valence-electron chi connectivity index (χ4n) is 2.63. The molecule has 6 nitrogen and oxygen atoms in total. The van der Waals surface area contributed by atoms with Crippen molar-refractivity contribution >= 4 is 23.3 Å². The van der Waals surface area contributed by atoms with Gasteiger partial charge in [-0.1, -0.05) is 12.1 Å². The molecule has 0 saturated carbocycles. The Morgan fingerprint density at radius 1 is 1.38 bits per heavy atom. The zero-order chi connectivity index (χ0) is 17.7. The highest BCUT2D eigenvalue weighted by Crippen LogP contribution is 2.19. The number of methoxy groups -OCH3 is 1. The number of ether oxygens (including phenoxy) is 2. The van der Waals surface area contributed by atoms with Crippen molar-refractivity contribution in [2.24, 2.45) is 0 Å². The zero-order valence-corrected chi connectivity index (χ0v) is 14.8. The third kappa shape index (κ3) is 4.24. The van der Waals surface area contributed by atoms with E-state index in [4.69, 9.17) is 21.7 Å². The van der Waals surface area contributed by atoms with E-state index in [1.807, 2.05) is 25.1 Å². The van der Waals surface area contributed by atoms with Crippen LogP contribution in [-0.4, -0.2) is 42.6 Å². The van der Waals surface area contributed by atoms with Gasteiger partial charge in [0.05, 0.1) is 31.9 Å². The van der Waals surface area contributed by atoms with Crippen molar-refractivity contribution in [3.05, 3.63) is 40.6 Å². The molecule has 1 aliphatic heterocycles. The molecular formula is C17H22N2O4S. The highest BCUT2D eigenvalue weighted by molar-refractivity contribution is 7.80. The average Bonchev–Trinajstić information content (AvgIpc) is 2.54. The number of nitrogens with one attached hydrogen (secondary N) is 2. The van der Waals surface area contributed by atoms with Crippen molar-refractivity contribution in [3.63, 3.8) is 0 Å². The molecule has 0 spiro atoms. The SMILES string of the molecule is COc1ccc(CCOC(=O)C2=C(C)NC(=S)NC2CO)cc1C. The molecule has 2 rings (SSSR count). The number of carbonyl (C=O) groups excluding carboxylic acids is 1. The molecule has 3 N–H and O–H groups in total. The smallest absolute Gasteiger partial charge is 0.337 e. The molecule has 7 heteroatoms. The highest BCUT2D eigenvalue weighted by atomic mass is 32.1. The predicted molar refractivity (Wildman–Crippen MR) is 94.8 cm³/mol. The molecule has 0 radical (unpaired) electrons. The Kier molecular flexibility index (Phi) is 6.16. The molecule has 0 saturated heterocycles. The topological polar surface area (TPSA) is 79.8 Å². The number of carbonyl (C=O) groups is 1. The Morgan fingerprint density at radius 2 is 2.12 bits per heavy atom. The molecule has 130 valence electrons. The molecule has 1 heterocycles. The fraction of sp³-hybridized carbons (Fsp3) is 0.412. The number of allylic oxidation sites excluding steroid dienone is 1. The maximum atomic E-state index is 12.3. The summed E-state index contributed by atoms with van der Waals surface area (Å²) in [6, 6.07) is 5.31. The van der Waals surface area contributed by atoms with Crippen LogP contribution >= 0.6 is 12.2 Å². The summed E-state index contributed by atoms with van der Waals surface area (Å²) < 4.78 is 10.6. The number of esters is 1. The van der Waals surface area contributed by atoms with E-state index in [1.165, 1.54) is 0 Å². The summed E-state index contributed by atoms with van der Waals surface area (Å²) in [5.41, 5.74) is 3.07. The Morgan fingerprint density at radius 3 is 2.75 bits per heavy atom. The van der Waals surface area contributed by atoms with Crippen molar-refractivity contribution in [2.75, 3.05) is 20.3 Å². The van der Waals surface area contributed by atoms with Crippen LogP contribution in [0.3, 0.4) is 0 Å². The van der Waals surface area contributed by atoms with Gasteiger partial charge in [-0.25, -0.2) is 4.79 Å². The molecule has 0 amide bonds. The molecule has 0 aliphatic carbocycles. The maximum Gasteiger partial charge on any atom is 0.337 e. The van der Waals surface area contributed by atoms with Gasteiger partial charge in [-0.05, 0) is 43.3 Å². The normalized spacial score (nSPS) is 17.2. The van der Waals surface area contributed by atoms with Crippen LogP contribution < -0.4 is 15.4 Å². The summed E-state index contributed by atoms with van der Waals surface area (Å²) in [5.74, 6) is 0.372. The van der Waals surface area contributed by atoms with Crippen molar-refractivity contribution < 1.29 is 19.4 Å². The van der Waals surface area contributed by atoms with Crippen LogP contribution in [0.1, 0.15) is 18.1 Å². The highest BCUT2D eigenvalue weighted by Gasteiger charge is 2.29. The predicted octanol–water partition coefficient (Wildman–Crippen LogP) is 1.20. The van der Waals surface area contributed by atoms with E-state index >= 15 is 0 Å². The molecule has 1 aliphatic rings. The van der Waals surface area contributed by atoms with Crippen LogP contribution in [-0.2, 0) is 16.0 Å². The Balaban J connectivity index is 1.96. The van der Waals surface area contributed by atoms with Gasteiger partial charge < -0.3 is 25.2 Å². The van der Waals surface area contributed by atoms with E-state index in [0.717, 1.165) is 16.9 Å². The van der Waals surface area contributed by atoms with Crippen molar-refractivity contribution in [2.45, 2.75) is 26.3 Å². The second-order valence-corrected chi connectivity index (χ2v) is 5.97. The number of hydrogen-bond acceptors (Lipinski definition) is 5. The minimum absolute atomic E-state index is 0.235. The van der Waals surface area contributed by atoms with E-state index in [1.54, 1.807) is 14.0 Å². The minimum atomic E-state index is -0.547. The van der Waals surface area contributed by atoms with Crippen LogP contribution in [0.4, 0.5) is 0 Å². The molecule has 0 fully saturated rings. The van der Waals surface area contributed by atoms with Crippen molar-refractivity contribution in [1.82, 2.24) is 10.6 Å². The van der Waals surface area contributed by atoms with Crippen LogP contribution in [0, 0.1) is 6.92 Å². The van der Waals surface area contributed by atoms with Crippen LogP contribution in [0.2, 0.25) is 0 Å². The number of hydrogen-bond donors (Lipinski definition) is 3. The van der Waals surface area contributed by atoms with Crippen LogP contribution in [0.5, 0.6) is 5.75 Å². The second-order valence-electron chi connectivity index (χ2n) is 5.56. The number of aryl methyl sites for hydroxylation is 1. The lowest BCUT2D eigenvalue weighted by Gasteiger charge is -2.28. The monoisotopic (exact) mass is 350 g/mol. The maximum absolute atomic E-state index is 12.3. The molecule has 0 aromatic heterocycles. The first kappa shape index (κ1) is 18.2. The Bertz CT molecular complexity index is 673. The number of benzene rings is 1. The van der Waals surface area contributed by atoms with E-state index in [9.17, 15) is 9.90 Å². The fourth-order valence-corrected chi connectivity index (χ4v) is 2.93. The molecule has 1 aromatic carbocycles. The van der Waals surface area contributed by atoms with Gasteiger partial charge in [0.1, 0.15) is 5.75 Å². The molecule has 1 unspecified atom stereocenters. The molecular weight excluding hydrogens is 328 g/mol. The lowest BCUT2D eigenvalue weighted by molar-refractivity contribution is -0.139. The first-order valence-electron chi connectivity index (χ1n) is 7.66. The zero-order valence-electron chi connectivity index (χ0n) is 14.0. The van der Waals surface area contributed by atoms with Gasteiger partial charge >= 0.3 is 5.97 Å². The molecule has 0 bridgehead atoms. The number of thiocarbonyl (C=S) groups is 1. The summed E-state index contributed by atoms with van der Waals surface area (Å²) in [4.78, 5) is 12.3. The number of aliphatic hydroxyl groups excluding tert-OH is 1. The summed E-state index contributed by atoms with van der Waals surface area (Å²) in [6.45, 7) is 3.72. The summed E-state index contributed by atoms with van der Waals surface area (Å²) in [6.07, 6.45) is 0.603. The van der Waals surface area contributed by atoms with Gasteiger partial charge in [0, 0.05) is 12.1 Å². The van der Waals surface area contributed by atoms with Gasteiger partial charge in [0.15, 0.2) is 5.11 Å². The summed E-state index contributed by atoms with van der Waals surface area (Å²) in [7, 11) is 1.63. The molecule has 1 aromatic rings. The Labute approximate surface area is 146 Å². The van der Waals surface area contributed by atoms with Crippen molar-refractivity contribution in [1.29, 1.82) is 0 Å². The molecule has 24 heavy (non-hydrogen) atoms. The summed E-state index contributed by atoms with van der Waals surface area (Å²) in [5, 5.41) is 15.5. The molecule has 1 atom stereocenters. The first-order chi connectivity index (χ1) is 11.5. The second kappa shape index (κ2) is 8.12. The van der Waals surface area contributed by atoms with E-state index in [0.29, 0.717) is 22.8 Å². The third-order valence-corrected chi connectivity index (χ3v) is 4.06. The lowest BCUT2D eigenvalue weighted by Crippen LogP contribution is -2.51.